The largest absolute Gasteiger partial charge is 0.485 e. The van der Waals surface area contributed by atoms with E-state index in [1.807, 2.05) is 0 Å². The van der Waals surface area contributed by atoms with Crippen LogP contribution in [0.15, 0.2) is 33.6 Å². The van der Waals surface area contributed by atoms with Gasteiger partial charge in [0.05, 0.1) is 0 Å². The molecule has 0 aliphatic carbocycles. The molecular weight excluding hydrogens is 378 g/mol. The zero-order chi connectivity index (χ0) is 19.8. The standard InChI is InChI=1S/C16H17N3O7S/c1-8-13(14(9(2)25-8)27(17,22)23)16(21)19-18-15(20)12-7-24-10-5-3-4-6-11(10)26-12/h3-6,12H,7H2,1-2H3,(H,18,20)(H,19,21)(H2,17,22,23)/t12-/m0/s1. The minimum atomic E-state index is -4.19. The van der Waals surface area contributed by atoms with Crippen LogP contribution in [0.25, 0.3) is 0 Å². The Morgan fingerprint density at radius 2 is 1.78 bits per heavy atom. The van der Waals surface area contributed by atoms with Gasteiger partial charge in [-0.2, -0.15) is 0 Å². The third kappa shape index (κ3) is 3.73. The maximum absolute atomic E-state index is 12.4. The number of fused-ring (bicyclic) bond motifs is 1. The van der Waals surface area contributed by atoms with Crippen molar-refractivity contribution in [2.24, 2.45) is 5.14 Å². The van der Waals surface area contributed by atoms with Crippen LogP contribution in [0.3, 0.4) is 0 Å². The summed E-state index contributed by atoms with van der Waals surface area (Å²) >= 11 is 0. The molecule has 2 amide bonds. The molecule has 27 heavy (non-hydrogen) atoms. The van der Waals surface area contributed by atoms with Gasteiger partial charge in [-0.25, -0.2) is 13.6 Å². The number of sulfonamides is 1. The van der Waals surface area contributed by atoms with Crippen molar-refractivity contribution in [1.29, 1.82) is 0 Å². The number of nitrogens with one attached hydrogen (secondary N) is 2. The molecule has 11 heteroatoms. The molecule has 2 heterocycles. The molecule has 1 aromatic carbocycles. The summed E-state index contributed by atoms with van der Waals surface area (Å²) in [4.78, 5) is 24.1. The first-order chi connectivity index (χ1) is 12.7. The highest BCUT2D eigenvalue weighted by Gasteiger charge is 2.31. The summed E-state index contributed by atoms with van der Waals surface area (Å²) in [6.07, 6.45) is -0.995. The van der Waals surface area contributed by atoms with E-state index in [9.17, 15) is 18.0 Å². The van der Waals surface area contributed by atoms with E-state index in [4.69, 9.17) is 19.0 Å². The molecule has 1 atom stereocenters. The van der Waals surface area contributed by atoms with Gasteiger partial charge in [-0.15, -0.1) is 0 Å². The van der Waals surface area contributed by atoms with E-state index in [-0.39, 0.29) is 23.7 Å². The van der Waals surface area contributed by atoms with Crippen LogP contribution in [0, 0.1) is 13.8 Å². The fourth-order valence-corrected chi connectivity index (χ4v) is 3.64. The fourth-order valence-electron chi connectivity index (χ4n) is 2.68. The summed E-state index contributed by atoms with van der Waals surface area (Å²) in [6, 6.07) is 6.83. The molecule has 144 valence electrons. The first kappa shape index (κ1) is 18.7. The van der Waals surface area contributed by atoms with Crippen LogP contribution >= 0.6 is 0 Å². The highest BCUT2D eigenvalue weighted by atomic mass is 32.2. The van der Waals surface area contributed by atoms with E-state index >= 15 is 0 Å². The van der Waals surface area contributed by atoms with Gasteiger partial charge < -0.3 is 13.9 Å². The summed E-state index contributed by atoms with van der Waals surface area (Å²) < 4.78 is 39.5. The first-order valence-electron chi connectivity index (χ1n) is 7.80. The van der Waals surface area contributed by atoms with Crippen LogP contribution < -0.4 is 25.5 Å². The molecule has 4 N–H and O–H groups in total. The summed E-state index contributed by atoms with van der Waals surface area (Å²) in [6.45, 7) is 2.73. The second-order valence-electron chi connectivity index (χ2n) is 5.77. The smallest absolute Gasteiger partial charge is 0.283 e. The SMILES string of the molecule is Cc1oc(C)c(S(N)(=O)=O)c1C(=O)NNC(=O)[C@@H]1COc2ccccc2O1. The number of primary sulfonamides is 1. The Hall–Kier alpha value is -3.05. The molecule has 1 aliphatic heterocycles. The maximum Gasteiger partial charge on any atom is 0.283 e. The van der Waals surface area contributed by atoms with Gasteiger partial charge in [0.15, 0.2) is 11.5 Å². The van der Waals surface area contributed by atoms with Gasteiger partial charge in [0.2, 0.25) is 16.1 Å². The molecule has 0 saturated heterocycles. The lowest BCUT2D eigenvalue weighted by molar-refractivity contribution is -0.131. The van der Waals surface area contributed by atoms with Crippen molar-refractivity contribution >= 4 is 21.8 Å². The van der Waals surface area contributed by atoms with Crippen LogP contribution in [0.4, 0.5) is 0 Å². The van der Waals surface area contributed by atoms with Crippen LogP contribution in [0.1, 0.15) is 21.9 Å². The molecule has 0 radical (unpaired) electrons. The number of aryl methyl sites for hydroxylation is 2. The van der Waals surface area contributed by atoms with Gasteiger partial charge in [0.25, 0.3) is 11.8 Å². The van der Waals surface area contributed by atoms with Crippen LogP contribution in [-0.4, -0.2) is 32.9 Å². The molecule has 1 aromatic heterocycles. The summed E-state index contributed by atoms with van der Waals surface area (Å²) in [5.41, 5.74) is 4.03. The molecule has 10 nitrogen and oxygen atoms in total. The lowest BCUT2D eigenvalue weighted by Gasteiger charge is -2.25. The molecule has 0 fully saturated rings. The summed E-state index contributed by atoms with van der Waals surface area (Å²) in [7, 11) is -4.19. The molecule has 0 spiro atoms. The maximum atomic E-state index is 12.4. The molecule has 0 bridgehead atoms. The molecule has 0 saturated carbocycles. The lowest BCUT2D eigenvalue weighted by Crippen LogP contribution is -2.51. The van der Waals surface area contributed by atoms with Gasteiger partial charge in [-0.3, -0.25) is 20.4 Å². The lowest BCUT2D eigenvalue weighted by atomic mass is 10.2. The predicted molar refractivity (Wildman–Crippen MR) is 91.5 cm³/mol. The number of ether oxygens (including phenoxy) is 2. The third-order valence-corrected chi connectivity index (χ3v) is 4.88. The van der Waals surface area contributed by atoms with E-state index in [2.05, 4.69) is 10.9 Å². The molecule has 0 unspecified atom stereocenters. The van der Waals surface area contributed by atoms with E-state index < -0.39 is 32.8 Å². The topological polar surface area (TPSA) is 150 Å². The quantitative estimate of drug-likeness (QED) is 0.626. The van der Waals surface area contributed by atoms with Crippen molar-refractivity contribution < 1.29 is 31.9 Å². The number of hydrogen-bond donors (Lipinski definition) is 3. The number of hydrazine groups is 1. The van der Waals surface area contributed by atoms with Gasteiger partial charge in [-0.1, -0.05) is 12.1 Å². The normalized spacial score (nSPS) is 15.9. The predicted octanol–water partition coefficient (Wildman–Crippen LogP) is 0.145. The Bertz CT molecular complexity index is 1010. The van der Waals surface area contributed by atoms with E-state index in [0.29, 0.717) is 11.5 Å². The van der Waals surface area contributed by atoms with Crippen molar-refractivity contribution in [1.82, 2.24) is 10.9 Å². The zero-order valence-corrected chi connectivity index (χ0v) is 15.3. The average molecular weight is 395 g/mol. The number of amides is 2. The van der Waals surface area contributed by atoms with E-state index in [0.717, 1.165) is 0 Å². The van der Waals surface area contributed by atoms with Gasteiger partial charge in [-0.05, 0) is 26.0 Å². The number of para-hydroxylation sites is 2. The molecule has 2 aromatic rings. The van der Waals surface area contributed by atoms with Crippen LogP contribution in [0.5, 0.6) is 11.5 Å². The van der Waals surface area contributed by atoms with Crippen molar-refractivity contribution in [2.75, 3.05) is 6.61 Å². The Morgan fingerprint density at radius 3 is 2.44 bits per heavy atom. The summed E-state index contributed by atoms with van der Waals surface area (Å²) in [5, 5.41) is 5.14. The van der Waals surface area contributed by atoms with E-state index in [1.165, 1.54) is 13.8 Å². The molecular formula is C16H17N3O7S. The van der Waals surface area contributed by atoms with Gasteiger partial charge >= 0.3 is 0 Å². The van der Waals surface area contributed by atoms with Crippen LogP contribution in [0.2, 0.25) is 0 Å². The zero-order valence-electron chi connectivity index (χ0n) is 14.4. The minimum Gasteiger partial charge on any atom is -0.485 e. The molecule has 3 rings (SSSR count). The second-order valence-corrected chi connectivity index (χ2v) is 7.27. The number of carbonyl (C=O) groups is 2. The number of benzene rings is 1. The third-order valence-electron chi connectivity index (χ3n) is 3.82. The van der Waals surface area contributed by atoms with Crippen molar-refractivity contribution in [2.45, 2.75) is 24.8 Å². The Kier molecular flexibility index (Phi) is 4.81. The van der Waals surface area contributed by atoms with Gasteiger partial charge in [0.1, 0.15) is 28.6 Å². The fraction of sp³-hybridized carbons (Fsp3) is 0.250. The monoisotopic (exact) mass is 395 g/mol. The number of hydrogen-bond acceptors (Lipinski definition) is 7. The van der Waals surface area contributed by atoms with Crippen molar-refractivity contribution in [3.05, 3.63) is 41.3 Å². The van der Waals surface area contributed by atoms with Crippen LogP contribution in [-0.2, 0) is 14.8 Å². The van der Waals surface area contributed by atoms with Gasteiger partial charge in [0, 0.05) is 0 Å². The van der Waals surface area contributed by atoms with Crippen molar-refractivity contribution in [3.8, 4) is 11.5 Å². The average Bonchev–Trinajstić information content (AvgIpc) is 2.93. The number of nitrogens with two attached hydrogens (primary N) is 1. The number of rotatable bonds is 3. The number of furan rings is 1. The Balaban J connectivity index is 1.70. The first-order valence-corrected chi connectivity index (χ1v) is 9.34. The van der Waals surface area contributed by atoms with E-state index in [1.54, 1.807) is 24.3 Å². The minimum absolute atomic E-state index is 0.0212. The Labute approximate surface area is 154 Å². The number of carbonyl (C=O) groups excluding carboxylic acids is 2. The second kappa shape index (κ2) is 6.93. The highest BCUT2D eigenvalue weighted by Crippen LogP contribution is 2.30. The van der Waals surface area contributed by atoms with Crippen molar-refractivity contribution in [3.63, 3.8) is 0 Å². The molecule has 1 aliphatic rings. The Morgan fingerprint density at radius 1 is 1.11 bits per heavy atom. The highest BCUT2D eigenvalue weighted by molar-refractivity contribution is 7.89. The summed E-state index contributed by atoms with van der Waals surface area (Å²) in [5.74, 6) is -0.630.